The normalized spacial score (nSPS) is 15.5. The van der Waals surface area contributed by atoms with E-state index in [4.69, 9.17) is 9.15 Å². The zero-order valence-electron chi connectivity index (χ0n) is 19.2. The van der Waals surface area contributed by atoms with Crippen molar-refractivity contribution in [2.75, 3.05) is 6.61 Å². The van der Waals surface area contributed by atoms with Gasteiger partial charge in [-0.25, -0.2) is 9.79 Å². The number of hydrogen-bond acceptors (Lipinski definition) is 9. The zero-order valence-corrected chi connectivity index (χ0v) is 20.8. The largest absolute Gasteiger partial charge is 0.463 e. The fourth-order valence-electron chi connectivity index (χ4n) is 4.05. The van der Waals surface area contributed by atoms with E-state index in [2.05, 4.69) is 4.99 Å². The van der Waals surface area contributed by atoms with Gasteiger partial charge in [-0.1, -0.05) is 29.5 Å². The third-order valence-electron chi connectivity index (χ3n) is 5.60. The van der Waals surface area contributed by atoms with Crippen molar-refractivity contribution in [3.63, 3.8) is 0 Å². The Balaban J connectivity index is 1.62. The lowest BCUT2D eigenvalue weighted by Gasteiger charge is -2.23. The Hall–Kier alpha value is -4.09. The fourth-order valence-corrected chi connectivity index (χ4v) is 5.90. The molecule has 36 heavy (non-hydrogen) atoms. The van der Waals surface area contributed by atoms with E-state index in [1.807, 2.05) is 17.5 Å². The van der Waals surface area contributed by atoms with Crippen LogP contribution < -0.4 is 14.9 Å². The summed E-state index contributed by atoms with van der Waals surface area (Å²) in [4.78, 5) is 43.1. The van der Waals surface area contributed by atoms with Crippen molar-refractivity contribution in [1.29, 1.82) is 0 Å². The number of carbonyl (C=O) groups is 1. The van der Waals surface area contributed by atoms with Crippen LogP contribution in [0.4, 0.5) is 5.69 Å². The van der Waals surface area contributed by atoms with E-state index < -0.39 is 16.9 Å². The summed E-state index contributed by atoms with van der Waals surface area (Å²) in [6.07, 6.45) is 1.58. The second-order valence-electron chi connectivity index (χ2n) is 7.79. The Bertz CT molecular complexity index is 1690. The lowest BCUT2D eigenvalue weighted by Crippen LogP contribution is -2.39. The highest BCUT2D eigenvalue weighted by Gasteiger charge is 2.33. The quantitative estimate of drug-likeness (QED) is 0.215. The number of furan rings is 1. The van der Waals surface area contributed by atoms with Crippen LogP contribution in [-0.2, 0) is 9.53 Å². The van der Waals surface area contributed by atoms with Gasteiger partial charge >= 0.3 is 5.97 Å². The summed E-state index contributed by atoms with van der Waals surface area (Å²) in [7, 11) is 0. The molecular formula is C25H19N3O6S2. The number of esters is 1. The number of fused-ring (bicyclic) bond motifs is 1. The van der Waals surface area contributed by atoms with Gasteiger partial charge in [0, 0.05) is 17.0 Å². The number of aromatic nitrogens is 1. The van der Waals surface area contributed by atoms with Crippen molar-refractivity contribution in [3.8, 4) is 11.3 Å². The Kier molecular flexibility index (Phi) is 6.25. The molecule has 1 aromatic carbocycles. The maximum atomic E-state index is 13.6. The lowest BCUT2D eigenvalue weighted by molar-refractivity contribution is -0.384. The van der Waals surface area contributed by atoms with Gasteiger partial charge in [-0.2, -0.15) is 0 Å². The van der Waals surface area contributed by atoms with E-state index in [1.165, 1.54) is 33.3 Å². The maximum absolute atomic E-state index is 13.6. The van der Waals surface area contributed by atoms with Crippen LogP contribution in [0.1, 0.15) is 30.5 Å². The average molecular weight is 522 g/mol. The highest BCUT2D eigenvalue weighted by atomic mass is 32.1. The molecule has 0 radical (unpaired) electrons. The monoisotopic (exact) mass is 521 g/mol. The summed E-state index contributed by atoms with van der Waals surface area (Å²) < 4.78 is 13.0. The van der Waals surface area contributed by atoms with Crippen LogP contribution in [0.2, 0.25) is 0 Å². The second-order valence-corrected chi connectivity index (χ2v) is 9.78. The SMILES string of the molecule is CCOC(=O)C1=C(C)N=c2sc(=Cc3ccc(-c4ccccc4[N+](=O)[O-])o3)c(=O)n2C1c1cccs1. The first kappa shape index (κ1) is 23.6. The summed E-state index contributed by atoms with van der Waals surface area (Å²) in [5.41, 5.74) is 0.771. The molecule has 0 spiro atoms. The first-order valence-corrected chi connectivity index (χ1v) is 12.7. The van der Waals surface area contributed by atoms with Crippen molar-refractivity contribution in [3.05, 3.63) is 106 Å². The van der Waals surface area contributed by atoms with Crippen LogP contribution in [0.15, 0.2) is 79.4 Å². The molecule has 11 heteroatoms. The number of rotatable bonds is 6. The summed E-state index contributed by atoms with van der Waals surface area (Å²) in [6.45, 7) is 3.66. The summed E-state index contributed by atoms with van der Waals surface area (Å²) >= 11 is 2.62. The molecule has 4 heterocycles. The van der Waals surface area contributed by atoms with E-state index >= 15 is 0 Å². The molecular weight excluding hydrogens is 502 g/mol. The predicted octanol–water partition coefficient (Wildman–Crippen LogP) is 4.03. The third-order valence-corrected chi connectivity index (χ3v) is 7.50. The zero-order chi connectivity index (χ0) is 25.4. The first-order valence-electron chi connectivity index (χ1n) is 11.0. The van der Waals surface area contributed by atoms with E-state index in [9.17, 15) is 19.7 Å². The Morgan fingerprint density at radius 1 is 1.25 bits per heavy atom. The molecule has 0 saturated heterocycles. The van der Waals surface area contributed by atoms with E-state index in [1.54, 1.807) is 50.3 Å². The third kappa shape index (κ3) is 4.12. The minimum Gasteiger partial charge on any atom is -0.463 e. The van der Waals surface area contributed by atoms with Crippen molar-refractivity contribution in [2.24, 2.45) is 4.99 Å². The standard InChI is InChI=1S/C25H19N3O6S2/c1-3-33-24(30)21-14(2)26-25-27(22(21)19-9-6-12-35-19)23(29)20(36-25)13-15-10-11-18(34-15)16-7-4-5-8-17(16)28(31)32/h4-13,22H,3H2,1-2H3. The number of nitrogens with zero attached hydrogens (tertiary/aromatic N) is 3. The van der Waals surface area contributed by atoms with Crippen molar-refractivity contribution in [2.45, 2.75) is 19.9 Å². The van der Waals surface area contributed by atoms with Gasteiger partial charge in [0.25, 0.3) is 11.2 Å². The van der Waals surface area contributed by atoms with Gasteiger partial charge in [0.2, 0.25) is 0 Å². The number of allylic oxidation sites excluding steroid dienone is 1. The number of nitro groups is 1. The maximum Gasteiger partial charge on any atom is 0.338 e. The molecule has 9 nitrogen and oxygen atoms in total. The van der Waals surface area contributed by atoms with E-state index in [0.29, 0.717) is 37.7 Å². The molecule has 1 atom stereocenters. The molecule has 0 aliphatic carbocycles. The average Bonchev–Trinajstić information content (AvgIpc) is 3.60. The molecule has 0 amide bonds. The molecule has 4 aromatic rings. The number of para-hydroxylation sites is 1. The summed E-state index contributed by atoms with van der Waals surface area (Å²) in [5.74, 6) is 0.173. The van der Waals surface area contributed by atoms with Crippen LogP contribution in [-0.4, -0.2) is 22.1 Å². The molecule has 0 saturated carbocycles. The number of ether oxygens (including phenoxy) is 1. The summed E-state index contributed by atoms with van der Waals surface area (Å²) in [5, 5.41) is 13.3. The Morgan fingerprint density at radius 3 is 2.78 bits per heavy atom. The van der Waals surface area contributed by atoms with E-state index in [-0.39, 0.29) is 17.9 Å². The number of hydrogen-bond donors (Lipinski definition) is 0. The topological polar surface area (TPSA) is 117 Å². The number of benzene rings is 1. The predicted molar refractivity (Wildman–Crippen MR) is 136 cm³/mol. The van der Waals surface area contributed by atoms with Gasteiger partial charge in [0.1, 0.15) is 17.6 Å². The van der Waals surface area contributed by atoms with Gasteiger partial charge in [0.15, 0.2) is 4.80 Å². The molecule has 0 bridgehead atoms. The Labute approximate surface area is 212 Å². The highest BCUT2D eigenvalue weighted by Crippen LogP contribution is 2.33. The number of thiophene rings is 1. The molecule has 0 fully saturated rings. The molecule has 182 valence electrons. The molecule has 5 rings (SSSR count). The first-order chi connectivity index (χ1) is 17.4. The smallest absolute Gasteiger partial charge is 0.338 e. The van der Waals surface area contributed by atoms with Gasteiger partial charge in [0.05, 0.1) is 32.9 Å². The van der Waals surface area contributed by atoms with Crippen molar-refractivity contribution < 1.29 is 18.9 Å². The van der Waals surface area contributed by atoms with Gasteiger partial charge in [-0.05, 0) is 43.5 Å². The molecule has 1 aliphatic rings. The number of nitro benzene ring substituents is 1. The fraction of sp³-hybridized carbons (Fsp3) is 0.160. The van der Waals surface area contributed by atoms with Crippen molar-refractivity contribution in [1.82, 2.24) is 4.57 Å². The summed E-state index contributed by atoms with van der Waals surface area (Å²) in [6, 6.07) is 12.6. The van der Waals surface area contributed by atoms with Crippen LogP contribution >= 0.6 is 22.7 Å². The van der Waals surface area contributed by atoms with Crippen LogP contribution in [0.25, 0.3) is 17.4 Å². The van der Waals surface area contributed by atoms with Crippen LogP contribution in [0, 0.1) is 10.1 Å². The van der Waals surface area contributed by atoms with E-state index in [0.717, 1.165) is 4.88 Å². The highest BCUT2D eigenvalue weighted by molar-refractivity contribution is 7.10. The Morgan fingerprint density at radius 2 is 2.06 bits per heavy atom. The molecule has 1 aliphatic heterocycles. The lowest BCUT2D eigenvalue weighted by atomic mass is 10.0. The number of carbonyl (C=O) groups excluding carboxylic acids is 1. The van der Waals surface area contributed by atoms with Crippen molar-refractivity contribution >= 4 is 40.4 Å². The number of thiazole rings is 1. The molecule has 3 aromatic heterocycles. The van der Waals surface area contributed by atoms with Gasteiger partial charge in [-0.3, -0.25) is 19.5 Å². The van der Waals surface area contributed by atoms with Crippen LogP contribution in [0.5, 0.6) is 0 Å². The minimum absolute atomic E-state index is 0.0734. The van der Waals surface area contributed by atoms with Crippen LogP contribution in [0.3, 0.4) is 0 Å². The van der Waals surface area contributed by atoms with Gasteiger partial charge < -0.3 is 9.15 Å². The molecule has 1 unspecified atom stereocenters. The second kappa shape index (κ2) is 9.51. The molecule has 0 N–H and O–H groups in total. The van der Waals surface area contributed by atoms with Gasteiger partial charge in [-0.15, -0.1) is 11.3 Å². The minimum atomic E-state index is -0.651.